The second kappa shape index (κ2) is 7.01. The molecule has 24 heavy (non-hydrogen) atoms. The predicted octanol–water partition coefficient (Wildman–Crippen LogP) is 3.87. The smallest absolute Gasteiger partial charge is 0.254 e. The molecule has 0 aliphatic carbocycles. The molecule has 1 amide bonds. The quantitative estimate of drug-likeness (QED) is 0.858. The lowest BCUT2D eigenvalue weighted by molar-refractivity contribution is -0.0586. The minimum atomic E-state index is -0.308. The fraction of sp³-hybridized carbons (Fsp3) is 0.316. The largest absolute Gasteiger partial charge is 0.457 e. The molecule has 2 atom stereocenters. The van der Waals surface area contributed by atoms with Crippen LogP contribution in [0.25, 0.3) is 0 Å². The first-order valence-corrected chi connectivity index (χ1v) is 7.99. The Hall–Kier alpha value is -2.40. The minimum absolute atomic E-state index is 0.00895. The highest BCUT2D eigenvalue weighted by Crippen LogP contribution is 2.23. The number of nitrogens with zero attached hydrogens (tertiary/aromatic N) is 1. The maximum absolute atomic E-state index is 12.9. The fourth-order valence-electron chi connectivity index (χ4n) is 2.83. The summed E-state index contributed by atoms with van der Waals surface area (Å²) in [7, 11) is 0. The SMILES string of the molecule is C[C@H]1CN(C(=O)c2ccc(Oc3ccc(F)cc3)cc2)C[C@H](C)O1. The van der Waals surface area contributed by atoms with Crippen LogP contribution in [0.3, 0.4) is 0 Å². The number of rotatable bonds is 3. The van der Waals surface area contributed by atoms with Crippen molar-refractivity contribution in [1.82, 2.24) is 4.90 Å². The maximum atomic E-state index is 12.9. The monoisotopic (exact) mass is 329 g/mol. The van der Waals surface area contributed by atoms with Crippen LogP contribution in [0.15, 0.2) is 48.5 Å². The van der Waals surface area contributed by atoms with E-state index in [1.807, 2.05) is 18.7 Å². The topological polar surface area (TPSA) is 38.8 Å². The number of hydrogen-bond donors (Lipinski definition) is 0. The van der Waals surface area contributed by atoms with Crippen LogP contribution in [0, 0.1) is 5.82 Å². The summed E-state index contributed by atoms with van der Waals surface area (Å²) in [5.74, 6) is 0.829. The van der Waals surface area contributed by atoms with E-state index in [-0.39, 0.29) is 23.9 Å². The van der Waals surface area contributed by atoms with E-state index in [9.17, 15) is 9.18 Å². The Morgan fingerprint density at radius 1 is 1.00 bits per heavy atom. The van der Waals surface area contributed by atoms with E-state index in [1.165, 1.54) is 12.1 Å². The summed E-state index contributed by atoms with van der Waals surface area (Å²) in [6.07, 6.45) is 0.0811. The lowest BCUT2D eigenvalue weighted by atomic mass is 10.1. The zero-order chi connectivity index (χ0) is 17.1. The third kappa shape index (κ3) is 3.92. The van der Waals surface area contributed by atoms with Crippen LogP contribution in [0.2, 0.25) is 0 Å². The Kier molecular flexibility index (Phi) is 4.81. The Morgan fingerprint density at radius 3 is 2.04 bits per heavy atom. The van der Waals surface area contributed by atoms with Gasteiger partial charge in [0.2, 0.25) is 0 Å². The van der Waals surface area contributed by atoms with Crippen LogP contribution in [-0.2, 0) is 4.74 Å². The molecule has 2 aromatic rings. The maximum Gasteiger partial charge on any atom is 0.254 e. The molecule has 0 saturated carbocycles. The molecule has 3 rings (SSSR count). The summed E-state index contributed by atoms with van der Waals surface area (Å²) in [5, 5.41) is 0. The number of amides is 1. The first-order valence-electron chi connectivity index (χ1n) is 7.99. The zero-order valence-electron chi connectivity index (χ0n) is 13.7. The van der Waals surface area contributed by atoms with Crippen LogP contribution in [0.1, 0.15) is 24.2 Å². The van der Waals surface area contributed by atoms with Gasteiger partial charge < -0.3 is 14.4 Å². The van der Waals surface area contributed by atoms with Gasteiger partial charge in [0.05, 0.1) is 12.2 Å². The van der Waals surface area contributed by atoms with Gasteiger partial charge in [0.1, 0.15) is 17.3 Å². The van der Waals surface area contributed by atoms with Crippen molar-refractivity contribution in [1.29, 1.82) is 0 Å². The number of ether oxygens (including phenoxy) is 2. The highest BCUT2D eigenvalue weighted by atomic mass is 19.1. The van der Waals surface area contributed by atoms with Gasteiger partial charge in [-0.3, -0.25) is 4.79 Å². The second-order valence-corrected chi connectivity index (χ2v) is 6.05. The normalized spacial score (nSPS) is 20.7. The van der Waals surface area contributed by atoms with Gasteiger partial charge in [-0.2, -0.15) is 0 Å². The molecule has 2 aromatic carbocycles. The van der Waals surface area contributed by atoms with E-state index in [1.54, 1.807) is 36.4 Å². The highest BCUT2D eigenvalue weighted by Gasteiger charge is 2.26. The summed E-state index contributed by atoms with van der Waals surface area (Å²) >= 11 is 0. The summed E-state index contributed by atoms with van der Waals surface area (Å²) in [6.45, 7) is 5.12. The van der Waals surface area contributed by atoms with E-state index in [0.29, 0.717) is 30.2 Å². The van der Waals surface area contributed by atoms with Crippen molar-refractivity contribution >= 4 is 5.91 Å². The van der Waals surface area contributed by atoms with Crippen LogP contribution in [0.4, 0.5) is 4.39 Å². The second-order valence-electron chi connectivity index (χ2n) is 6.05. The van der Waals surface area contributed by atoms with Crippen LogP contribution >= 0.6 is 0 Å². The molecular weight excluding hydrogens is 309 g/mol. The van der Waals surface area contributed by atoms with Crippen LogP contribution in [-0.4, -0.2) is 36.1 Å². The van der Waals surface area contributed by atoms with Gasteiger partial charge >= 0.3 is 0 Å². The Bertz CT molecular complexity index is 690. The van der Waals surface area contributed by atoms with Crippen LogP contribution < -0.4 is 4.74 Å². The number of halogens is 1. The molecule has 126 valence electrons. The number of morpholine rings is 1. The summed E-state index contributed by atoms with van der Waals surface area (Å²) in [5.41, 5.74) is 0.614. The molecule has 0 unspecified atom stereocenters. The third-order valence-corrected chi connectivity index (χ3v) is 3.86. The van der Waals surface area contributed by atoms with Crippen molar-refractivity contribution in [3.8, 4) is 11.5 Å². The molecule has 0 spiro atoms. The van der Waals surface area contributed by atoms with Crippen LogP contribution in [0.5, 0.6) is 11.5 Å². The zero-order valence-corrected chi connectivity index (χ0v) is 13.7. The molecule has 1 fully saturated rings. The molecule has 0 aromatic heterocycles. The standard InChI is InChI=1S/C19H20FNO3/c1-13-11-21(12-14(2)23-13)19(22)15-3-7-17(8-4-15)24-18-9-5-16(20)6-10-18/h3-10,13-14H,11-12H2,1-2H3/t13-,14-/m0/s1. The Balaban J connectivity index is 1.67. The van der Waals surface area contributed by atoms with Gasteiger partial charge in [-0.1, -0.05) is 0 Å². The highest BCUT2D eigenvalue weighted by molar-refractivity contribution is 5.94. The summed E-state index contributed by atoms with van der Waals surface area (Å²) < 4.78 is 24.2. The van der Waals surface area contributed by atoms with Crippen molar-refractivity contribution in [2.45, 2.75) is 26.1 Å². The van der Waals surface area contributed by atoms with Gasteiger partial charge in [0.15, 0.2) is 0 Å². The predicted molar refractivity (Wildman–Crippen MR) is 88.8 cm³/mol. The van der Waals surface area contributed by atoms with E-state index < -0.39 is 0 Å². The lowest BCUT2D eigenvalue weighted by Crippen LogP contribution is -2.48. The van der Waals surface area contributed by atoms with Gasteiger partial charge in [-0.25, -0.2) is 4.39 Å². The summed E-state index contributed by atoms with van der Waals surface area (Å²) in [4.78, 5) is 14.4. The average Bonchev–Trinajstić information content (AvgIpc) is 2.56. The van der Waals surface area contributed by atoms with E-state index in [2.05, 4.69) is 0 Å². The third-order valence-electron chi connectivity index (χ3n) is 3.86. The first kappa shape index (κ1) is 16.5. The molecule has 1 aliphatic rings. The van der Waals surface area contributed by atoms with E-state index in [0.717, 1.165) is 0 Å². The molecule has 0 radical (unpaired) electrons. The number of hydrogen-bond acceptors (Lipinski definition) is 3. The molecule has 1 aliphatic heterocycles. The molecular formula is C19H20FNO3. The van der Waals surface area contributed by atoms with E-state index in [4.69, 9.17) is 9.47 Å². The lowest BCUT2D eigenvalue weighted by Gasteiger charge is -2.35. The fourth-order valence-corrected chi connectivity index (χ4v) is 2.83. The van der Waals surface area contributed by atoms with Crippen molar-refractivity contribution in [3.05, 3.63) is 59.9 Å². The molecule has 4 nitrogen and oxygen atoms in total. The van der Waals surface area contributed by atoms with Gasteiger partial charge in [-0.05, 0) is 62.4 Å². The van der Waals surface area contributed by atoms with Gasteiger partial charge in [0, 0.05) is 18.7 Å². The molecule has 1 heterocycles. The van der Waals surface area contributed by atoms with Crippen molar-refractivity contribution in [2.75, 3.05) is 13.1 Å². The first-order chi connectivity index (χ1) is 11.5. The molecule has 5 heteroatoms. The van der Waals surface area contributed by atoms with Gasteiger partial charge in [0.25, 0.3) is 5.91 Å². The molecule has 1 saturated heterocycles. The molecule has 0 N–H and O–H groups in total. The van der Waals surface area contributed by atoms with Crippen molar-refractivity contribution in [2.24, 2.45) is 0 Å². The van der Waals surface area contributed by atoms with Crippen molar-refractivity contribution in [3.63, 3.8) is 0 Å². The average molecular weight is 329 g/mol. The number of carbonyl (C=O) groups excluding carboxylic acids is 1. The minimum Gasteiger partial charge on any atom is -0.457 e. The van der Waals surface area contributed by atoms with Crippen molar-refractivity contribution < 1.29 is 18.7 Å². The Morgan fingerprint density at radius 2 is 1.50 bits per heavy atom. The number of benzene rings is 2. The summed E-state index contributed by atoms with van der Waals surface area (Å²) in [6, 6.07) is 12.8. The number of carbonyl (C=O) groups is 1. The molecule has 0 bridgehead atoms. The van der Waals surface area contributed by atoms with Gasteiger partial charge in [-0.15, -0.1) is 0 Å². The van der Waals surface area contributed by atoms with E-state index >= 15 is 0 Å². The Labute approximate surface area is 140 Å².